The Morgan fingerprint density at radius 3 is 1.31 bits per heavy atom. The Kier molecular flexibility index (Phi) is 5.13. The van der Waals surface area contributed by atoms with Crippen LogP contribution in [0, 0.1) is 7.27 Å². The fourth-order valence-corrected chi connectivity index (χ4v) is 4.18. The van der Waals surface area contributed by atoms with Crippen molar-refractivity contribution in [1.82, 2.24) is 9.78 Å². The van der Waals surface area contributed by atoms with E-state index in [-0.39, 0.29) is 0 Å². The summed E-state index contributed by atoms with van der Waals surface area (Å²) in [7, 11) is 0. The van der Waals surface area contributed by atoms with Crippen LogP contribution in [0.4, 0.5) is 0 Å². The van der Waals surface area contributed by atoms with Gasteiger partial charge in [0.2, 0.25) is 0 Å². The molecule has 4 aromatic rings. The molecule has 0 amide bonds. The molecule has 0 spiro atoms. The van der Waals surface area contributed by atoms with Crippen LogP contribution in [0.5, 0.6) is 0 Å². The van der Waals surface area contributed by atoms with Crippen molar-refractivity contribution in [3.05, 3.63) is 121 Å². The lowest BCUT2D eigenvalue weighted by atomic mass is 9.77. The monoisotopic (exact) mass is 562 g/mol. The third-order valence-corrected chi connectivity index (χ3v) is 7.16. The summed E-state index contributed by atoms with van der Waals surface area (Å²) in [5.41, 5.74) is 3.04. The first kappa shape index (κ1) is 17.7. The second-order valence-electron chi connectivity index (χ2n) is 6.02. The predicted octanol–water partition coefficient (Wildman–Crippen LogP) is 5.93. The average Bonchev–Trinajstić information content (AvgIpc) is 3.04. The van der Waals surface area contributed by atoms with Gasteiger partial charge in [-0.1, -0.05) is 91.0 Å². The zero-order valence-corrected chi connectivity index (χ0v) is 18.2. The minimum absolute atomic E-state index is 0.521. The molecule has 0 bridgehead atoms. The van der Waals surface area contributed by atoms with E-state index in [1.54, 1.807) is 0 Å². The van der Waals surface area contributed by atoms with Crippen molar-refractivity contribution in [2.24, 2.45) is 0 Å². The third-order valence-electron chi connectivity index (χ3n) is 4.55. The number of nitrogens with zero attached hydrogens (tertiary/aromatic N) is 2. The topological polar surface area (TPSA) is 17.8 Å². The van der Waals surface area contributed by atoms with Crippen LogP contribution >= 0.6 is 45.2 Å². The molecule has 0 atom stereocenters. The Balaban J connectivity index is 2.14. The average molecular weight is 562 g/mol. The van der Waals surface area contributed by atoms with Crippen molar-refractivity contribution in [3.63, 3.8) is 0 Å². The van der Waals surface area contributed by atoms with Gasteiger partial charge >= 0.3 is 0 Å². The standard InChI is InChI=1S/C22H16I2N2/c23-20-16-26(25-21(20)24)22(17-10-4-1-5-11-17,18-12-6-2-7-13-18)19-14-8-3-9-15-19/h1-16H. The molecule has 0 saturated heterocycles. The Labute approximate surface area is 180 Å². The normalized spacial score (nSPS) is 11.5. The van der Waals surface area contributed by atoms with Crippen LogP contribution in [-0.4, -0.2) is 9.78 Å². The summed E-state index contributed by atoms with van der Waals surface area (Å²) in [6, 6.07) is 31.8. The number of rotatable bonds is 4. The number of aromatic nitrogens is 2. The maximum Gasteiger partial charge on any atom is 0.138 e. The first-order chi connectivity index (χ1) is 12.7. The van der Waals surface area contributed by atoms with Gasteiger partial charge in [0.15, 0.2) is 0 Å². The van der Waals surface area contributed by atoms with E-state index in [9.17, 15) is 0 Å². The highest BCUT2D eigenvalue weighted by Gasteiger charge is 2.39. The summed E-state index contributed by atoms with van der Waals surface area (Å²) in [4.78, 5) is 0. The predicted molar refractivity (Wildman–Crippen MR) is 122 cm³/mol. The van der Waals surface area contributed by atoms with Crippen LogP contribution in [0.2, 0.25) is 0 Å². The summed E-state index contributed by atoms with van der Waals surface area (Å²) in [6.07, 6.45) is 2.13. The number of halogens is 2. The lowest BCUT2D eigenvalue weighted by Crippen LogP contribution is -2.38. The molecule has 4 rings (SSSR count). The fourth-order valence-electron chi connectivity index (χ4n) is 3.44. The molecule has 1 aromatic heterocycles. The summed E-state index contributed by atoms with van der Waals surface area (Å²) in [5, 5.41) is 4.91. The maximum atomic E-state index is 4.91. The highest BCUT2D eigenvalue weighted by atomic mass is 127. The molecular weight excluding hydrogens is 546 g/mol. The largest absolute Gasteiger partial charge is 0.251 e. The van der Waals surface area contributed by atoms with E-state index in [0.29, 0.717) is 0 Å². The third kappa shape index (κ3) is 2.99. The first-order valence-electron chi connectivity index (χ1n) is 8.30. The number of hydrogen-bond acceptors (Lipinski definition) is 1. The lowest BCUT2D eigenvalue weighted by molar-refractivity contribution is 0.458. The molecule has 3 aromatic carbocycles. The van der Waals surface area contributed by atoms with E-state index >= 15 is 0 Å². The maximum absolute atomic E-state index is 4.91. The van der Waals surface area contributed by atoms with Gasteiger partial charge in [-0.15, -0.1) is 0 Å². The zero-order chi connectivity index (χ0) is 18.0. The first-order valence-corrected chi connectivity index (χ1v) is 10.5. The van der Waals surface area contributed by atoms with Gasteiger partial charge in [0.05, 0.1) is 3.57 Å². The Bertz CT molecular complexity index is 880. The SMILES string of the molecule is Ic1cn(C(c2ccccc2)(c2ccccc2)c2ccccc2)nc1I. The van der Waals surface area contributed by atoms with Crippen LogP contribution in [-0.2, 0) is 5.54 Å². The molecule has 0 N–H and O–H groups in total. The van der Waals surface area contributed by atoms with Gasteiger partial charge in [0.1, 0.15) is 9.24 Å². The molecular formula is C22H16I2N2. The van der Waals surface area contributed by atoms with E-state index in [1.165, 1.54) is 16.7 Å². The van der Waals surface area contributed by atoms with E-state index in [4.69, 9.17) is 5.10 Å². The number of hydrogen-bond donors (Lipinski definition) is 0. The lowest BCUT2D eigenvalue weighted by Gasteiger charge is -2.36. The summed E-state index contributed by atoms with van der Waals surface area (Å²) < 4.78 is 4.27. The fraction of sp³-hybridized carbons (Fsp3) is 0.0455. The molecule has 0 unspecified atom stereocenters. The zero-order valence-electron chi connectivity index (χ0n) is 13.9. The molecule has 0 fully saturated rings. The van der Waals surface area contributed by atoms with Crippen LogP contribution in [0.25, 0.3) is 0 Å². The molecule has 0 saturated carbocycles. The van der Waals surface area contributed by atoms with Crippen molar-refractivity contribution in [2.75, 3.05) is 0 Å². The van der Waals surface area contributed by atoms with Gasteiger partial charge in [-0.25, -0.2) is 0 Å². The molecule has 2 nitrogen and oxygen atoms in total. The summed E-state index contributed by atoms with van der Waals surface area (Å²) >= 11 is 4.66. The molecule has 26 heavy (non-hydrogen) atoms. The molecule has 0 aliphatic rings. The van der Waals surface area contributed by atoms with Crippen molar-refractivity contribution < 1.29 is 0 Å². The second kappa shape index (κ2) is 7.52. The van der Waals surface area contributed by atoms with Gasteiger partial charge in [-0.05, 0) is 61.9 Å². The van der Waals surface area contributed by atoms with Gasteiger partial charge in [0, 0.05) is 6.20 Å². The molecule has 0 aliphatic heterocycles. The molecule has 0 aliphatic carbocycles. The molecule has 1 heterocycles. The highest BCUT2D eigenvalue weighted by Crippen LogP contribution is 2.40. The van der Waals surface area contributed by atoms with Crippen molar-refractivity contribution in [2.45, 2.75) is 5.54 Å². The van der Waals surface area contributed by atoms with Crippen molar-refractivity contribution in [1.29, 1.82) is 0 Å². The summed E-state index contributed by atoms with van der Waals surface area (Å²) in [5.74, 6) is 0. The number of benzene rings is 3. The van der Waals surface area contributed by atoms with Gasteiger partial charge in [-0.2, -0.15) is 5.10 Å². The highest BCUT2D eigenvalue weighted by molar-refractivity contribution is 14.1. The van der Waals surface area contributed by atoms with E-state index in [0.717, 1.165) is 7.27 Å². The molecule has 4 heteroatoms. The second-order valence-corrected chi connectivity index (χ2v) is 8.20. The molecule has 0 radical (unpaired) electrons. The minimum atomic E-state index is -0.521. The van der Waals surface area contributed by atoms with Crippen LogP contribution in [0.3, 0.4) is 0 Å². The van der Waals surface area contributed by atoms with E-state index in [2.05, 4.69) is 147 Å². The van der Waals surface area contributed by atoms with Crippen molar-refractivity contribution >= 4 is 45.2 Å². The van der Waals surface area contributed by atoms with Gasteiger partial charge in [0.25, 0.3) is 0 Å². The molecule has 128 valence electrons. The quantitative estimate of drug-likeness (QED) is 0.223. The summed E-state index contributed by atoms with van der Waals surface area (Å²) in [6.45, 7) is 0. The van der Waals surface area contributed by atoms with E-state index in [1.807, 2.05) is 0 Å². The Hall–Kier alpha value is -1.67. The Morgan fingerprint density at radius 1 is 0.615 bits per heavy atom. The van der Waals surface area contributed by atoms with Gasteiger partial charge < -0.3 is 0 Å². The Morgan fingerprint density at radius 2 is 1.00 bits per heavy atom. The van der Waals surface area contributed by atoms with Crippen molar-refractivity contribution in [3.8, 4) is 0 Å². The van der Waals surface area contributed by atoms with Gasteiger partial charge in [-0.3, -0.25) is 4.68 Å². The smallest absolute Gasteiger partial charge is 0.138 e. The van der Waals surface area contributed by atoms with E-state index < -0.39 is 5.54 Å². The van der Waals surface area contributed by atoms with Crippen LogP contribution < -0.4 is 0 Å². The van der Waals surface area contributed by atoms with Crippen LogP contribution in [0.1, 0.15) is 16.7 Å². The van der Waals surface area contributed by atoms with Crippen LogP contribution in [0.15, 0.2) is 97.2 Å². The minimum Gasteiger partial charge on any atom is -0.251 e.